The minimum Gasteiger partial charge on any atom is -0.507 e. The maximum absolute atomic E-state index is 13.1. The van der Waals surface area contributed by atoms with Crippen molar-refractivity contribution in [3.8, 4) is 0 Å². The van der Waals surface area contributed by atoms with Gasteiger partial charge in [-0.3, -0.25) is 9.59 Å². The molecule has 1 aliphatic heterocycles. The Morgan fingerprint density at radius 3 is 2.53 bits per heavy atom. The molecular formula is C26H28N2O4. The molecule has 4 rings (SSSR count). The van der Waals surface area contributed by atoms with Crippen molar-refractivity contribution in [1.82, 2.24) is 9.88 Å². The first-order chi connectivity index (χ1) is 15.4. The van der Waals surface area contributed by atoms with E-state index >= 15 is 0 Å². The molecule has 1 atom stereocenters. The molecule has 0 aliphatic carbocycles. The molecule has 166 valence electrons. The zero-order chi connectivity index (χ0) is 22.8. The summed E-state index contributed by atoms with van der Waals surface area (Å²) >= 11 is 0. The van der Waals surface area contributed by atoms with Crippen LogP contribution in [0.1, 0.15) is 48.9 Å². The van der Waals surface area contributed by atoms with Crippen molar-refractivity contribution in [1.29, 1.82) is 0 Å². The first-order valence-corrected chi connectivity index (χ1v) is 10.9. The Hall–Kier alpha value is -3.38. The first kappa shape index (κ1) is 21.8. The third-order valence-corrected chi connectivity index (χ3v) is 6.05. The molecule has 0 bridgehead atoms. The third-order valence-electron chi connectivity index (χ3n) is 6.05. The summed E-state index contributed by atoms with van der Waals surface area (Å²) in [4.78, 5) is 30.8. The zero-order valence-electron chi connectivity index (χ0n) is 18.6. The average molecular weight is 433 g/mol. The molecule has 1 aliphatic rings. The Labute approximate surface area is 187 Å². The van der Waals surface area contributed by atoms with E-state index in [1.165, 1.54) is 5.56 Å². The highest BCUT2D eigenvalue weighted by atomic mass is 16.5. The zero-order valence-corrected chi connectivity index (χ0v) is 18.6. The maximum atomic E-state index is 13.1. The number of aromatic nitrogens is 1. The topological polar surface area (TPSA) is 82.6 Å². The number of aliphatic hydroxyl groups is 1. The van der Waals surface area contributed by atoms with Crippen molar-refractivity contribution in [3.05, 3.63) is 77.0 Å². The van der Waals surface area contributed by atoms with E-state index in [0.29, 0.717) is 31.1 Å². The Balaban J connectivity index is 1.85. The van der Waals surface area contributed by atoms with E-state index < -0.39 is 17.7 Å². The van der Waals surface area contributed by atoms with Gasteiger partial charge in [-0.05, 0) is 29.5 Å². The van der Waals surface area contributed by atoms with Gasteiger partial charge in [-0.25, -0.2) is 0 Å². The number of benzene rings is 2. The Kier molecular flexibility index (Phi) is 6.15. The second-order valence-corrected chi connectivity index (χ2v) is 8.41. The van der Waals surface area contributed by atoms with Crippen LogP contribution in [-0.2, 0) is 14.3 Å². The number of nitrogens with one attached hydrogen (secondary N) is 1. The lowest BCUT2D eigenvalue weighted by molar-refractivity contribution is -0.140. The van der Waals surface area contributed by atoms with Crippen molar-refractivity contribution in [3.63, 3.8) is 0 Å². The van der Waals surface area contributed by atoms with E-state index in [9.17, 15) is 14.7 Å². The first-order valence-electron chi connectivity index (χ1n) is 10.9. The van der Waals surface area contributed by atoms with Crippen LogP contribution in [0.3, 0.4) is 0 Å². The summed E-state index contributed by atoms with van der Waals surface area (Å²) < 4.78 is 5.14. The number of methoxy groups -OCH3 is 1. The molecule has 0 spiro atoms. The van der Waals surface area contributed by atoms with Crippen molar-refractivity contribution < 1.29 is 19.4 Å². The fraction of sp³-hybridized carbons (Fsp3) is 0.308. The third kappa shape index (κ3) is 3.82. The van der Waals surface area contributed by atoms with E-state index in [1.54, 1.807) is 18.2 Å². The van der Waals surface area contributed by atoms with Gasteiger partial charge < -0.3 is 19.7 Å². The maximum Gasteiger partial charge on any atom is 0.295 e. The molecule has 2 aromatic carbocycles. The second kappa shape index (κ2) is 9.01. The lowest BCUT2D eigenvalue weighted by Gasteiger charge is -2.25. The van der Waals surface area contributed by atoms with E-state index in [2.05, 4.69) is 18.8 Å². The number of Topliss-reactive ketones (excluding diaryl/α,β-unsaturated/α-hetero) is 1. The Morgan fingerprint density at radius 1 is 1.12 bits per heavy atom. The van der Waals surface area contributed by atoms with E-state index in [0.717, 1.165) is 16.5 Å². The number of amides is 1. The van der Waals surface area contributed by atoms with Crippen LogP contribution < -0.4 is 0 Å². The molecule has 1 fully saturated rings. The van der Waals surface area contributed by atoms with E-state index in [-0.39, 0.29) is 11.3 Å². The number of hydrogen-bond donors (Lipinski definition) is 2. The van der Waals surface area contributed by atoms with Crippen molar-refractivity contribution >= 4 is 28.4 Å². The highest BCUT2D eigenvalue weighted by Crippen LogP contribution is 2.40. The van der Waals surface area contributed by atoms with Crippen LogP contribution in [0, 0.1) is 0 Å². The number of ether oxygens (including phenoxy) is 1. The van der Waals surface area contributed by atoms with Gasteiger partial charge in [0.25, 0.3) is 11.7 Å². The molecule has 0 radical (unpaired) electrons. The molecule has 1 unspecified atom stereocenters. The molecule has 1 amide bonds. The molecule has 2 heterocycles. The van der Waals surface area contributed by atoms with Gasteiger partial charge in [0.2, 0.25) is 0 Å². The average Bonchev–Trinajstić information content (AvgIpc) is 3.33. The fourth-order valence-electron chi connectivity index (χ4n) is 4.31. The lowest BCUT2D eigenvalue weighted by Crippen LogP contribution is -2.31. The highest BCUT2D eigenvalue weighted by Gasteiger charge is 2.46. The number of fused-ring (bicyclic) bond motifs is 1. The van der Waals surface area contributed by atoms with Gasteiger partial charge in [-0.15, -0.1) is 0 Å². The number of ketones is 1. The van der Waals surface area contributed by atoms with Gasteiger partial charge >= 0.3 is 0 Å². The van der Waals surface area contributed by atoms with Gasteiger partial charge in [-0.2, -0.15) is 0 Å². The van der Waals surface area contributed by atoms with Crippen molar-refractivity contribution in [2.24, 2.45) is 0 Å². The normalized spacial score (nSPS) is 18.2. The molecule has 32 heavy (non-hydrogen) atoms. The SMILES string of the molecule is COCCCN1C(=O)C(=O)/C(=C(\O)c2c[nH]c3ccccc23)C1c1ccc(C(C)C)cc1. The summed E-state index contributed by atoms with van der Waals surface area (Å²) in [6.45, 7) is 5.07. The van der Waals surface area contributed by atoms with Crippen LogP contribution >= 0.6 is 0 Å². The molecule has 1 saturated heterocycles. The molecule has 6 nitrogen and oxygen atoms in total. The van der Waals surface area contributed by atoms with Crippen molar-refractivity contribution in [2.75, 3.05) is 20.3 Å². The number of para-hydroxylation sites is 1. The summed E-state index contributed by atoms with van der Waals surface area (Å²) in [7, 11) is 1.60. The van der Waals surface area contributed by atoms with Crippen LogP contribution in [-0.4, -0.2) is 46.9 Å². The van der Waals surface area contributed by atoms with Crippen LogP contribution in [0.25, 0.3) is 16.7 Å². The monoisotopic (exact) mass is 432 g/mol. The smallest absolute Gasteiger partial charge is 0.295 e. The fourth-order valence-corrected chi connectivity index (χ4v) is 4.31. The number of likely N-dealkylation sites (tertiary alicyclic amines) is 1. The summed E-state index contributed by atoms with van der Waals surface area (Å²) in [6, 6.07) is 14.8. The van der Waals surface area contributed by atoms with Crippen molar-refractivity contribution in [2.45, 2.75) is 32.2 Å². The number of aromatic amines is 1. The minimum atomic E-state index is -0.664. The number of hydrogen-bond acceptors (Lipinski definition) is 4. The summed E-state index contributed by atoms with van der Waals surface area (Å²) in [5.41, 5.74) is 3.45. The van der Waals surface area contributed by atoms with Crippen LogP contribution in [0.4, 0.5) is 0 Å². The van der Waals surface area contributed by atoms with E-state index in [1.807, 2.05) is 48.5 Å². The Bertz CT molecular complexity index is 1170. The van der Waals surface area contributed by atoms with Gasteiger partial charge in [-0.1, -0.05) is 56.3 Å². The van der Waals surface area contributed by atoms with Gasteiger partial charge in [0, 0.05) is 42.9 Å². The number of nitrogens with zero attached hydrogens (tertiary/aromatic N) is 1. The van der Waals surface area contributed by atoms with Crippen LogP contribution in [0.15, 0.2) is 60.3 Å². The molecular weight excluding hydrogens is 404 g/mol. The number of carbonyl (C=O) groups is 2. The van der Waals surface area contributed by atoms with Gasteiger partial charge in [0.1, 0.15) is 5.76 Å². The predicted octanol–water partition coefficient (Wildman–Crippen LogP) is 4.75. The highest BCUT2D eigenvalue weighted by molar-refractivity contribution is 6.46. The summed E-state index contributed by atoms with van der Waals surface area (Å²) in [5.74, 6) is -1.06. The summed E-state index contributed by atoms with van der Waals surface area (Å²) in [5, 5.41) is 12.1. The number of carbonyl (C=O) groups excluding carboxylic acids is 2. The number of rotatable bonds is 7. The lowest BCUT2D eigenvalue weighted by atomic mass is 9.93. The molecule has 6 heteroatoms. The number of aliphatic hydroxyl groups excluding tert-OH is 1. The predicted molar refractivity (Wildman–Crippen MR) is 124 cm³/mol. The largest absolute Gasteiger partial charge is 0.507 e. The minimum absolute atomic E-state index is 0.120. The molecule has 1 aromatic heterocycles. The molecule has 2 N–H and O–H groups in total. The number of H-pyrrole nitrogens is 1. The van der Waals surface area contributed by atoms with Gasteiger partial charge in [0.15, 0.2) is 0 Å². The van der Waals surface area contributed by atoms with E-state index in [4.69, 9.17) is 4.74 Å². The van der Waals surface area contributed by atoms with Crippen LogP contribution in [0.2, 0.25) is 0 Å². The second-order valence-electron chi connectivity index (χ2n) is 8.41. The van der Waals surface area contributed by atoms with Crippen LogP contribution in [0.5, 0.6) is 0 Å². The molecule has 0 saturated carbocycles. The Morgan fingerprint density at radius 2 is 1.84 bits per heavy atom. The summed E-state index contributed by atoms with van der Waals surface area (Å²) in [6.07, 6.45) is 2.27. The molecule has 3 aromatic rings. The standard InChI is InChI=1S/C26H28N2O4/c1-16(2)17-9-11-18(12-10-17)23-22(25(30)26(31)28(23)13-6-14-32-3)24(29)20-15-27-21-8-5-4-7-19(20)21/h4-5,7-12,15-16,23,27,29H,6,13-14H2,1-3H3/b24-22-. The quantitative estimate of drug-likeness (QED) is 0.244. The van der Waals surface area contributed by atoms with Gasteiger partial charge in [0.05, 0.1) is 11.6 Å².